The molecular weight excluding hydrogens is 120 g/mol. The van der Waals surface area contributed by atoms with Gasteiger partial charge in [0.1, 0.15) is 0 Å². The molecule has 0 radical (unpaired) electrons. The average molecular weight is 124 g/mol. The zero-order chi connectivity index (χ0) is 6.27. The van der Waals surface area contributed by atoms with Gasteiger partial charge in [0.15, 0.2) is 0 Å². The van der Waals surface area contributed by atoms with Crippen molar-refractivity contribution in [2.75, 3.05) is 0 Å². The van der Waals surface area contributed by atoms with E-state index in [0.717, 1.165) is 0 Å². The lowest BCUT2D eigenvalue weighted by molar-refractivity contribution is -0.139. The summed E-state index contributed by atoms with van der Waals surface area (Å²) in [6.45, 7) is 0. The Kier molecular flexibility index (Phi) is 0.704. The first-order valence-electron chi connectivity index (χ1n) is 2.62. The van der Waals surface area contributed by atoms with Gasteiger partial charge in [-0.1, -0.05) is 6.08 Å². The molecule has 2 rings (SSSR count). The van der Waals surface area contributed by atoms with Gasteiger partial charge in [0.2, 0.25) is 5.76 Å². The number of hydrogen-bond acceptors (Lipinski definition) is 3. The number of carbonyl (C=O) groups excluding carboxylic acids is 1. The molecule has 2 heterocycles. The molecule has 1 unspecified atom stereocenters. The van der Waals surface area contributed by atoms with E-state index in [1.54, 1.807) is 18.2 Å². The van der Waals surface area contributed by atoms with Gasteiger partial charge < -0.3 is 9.47 Å². The Labute approximate surface area is 51.6 Å². The van der Waals surface area contributed by atoms with Gasteiger partial charge in [-0.2, -0.15) is 0 Å². The fourth-order valence-corrected chi connectivity index (χ4v) is 0.780. The van der Waals surface area contributed by atoms with Crippen LogP contribution >= 0.6 is 0 Å². The van der Waals surface area contributed by atoms with Crippen molar-refractivity contribution >= 4 is 5.97 Å². The third-order valence-corrected chi connectivity index (χ3v) is 1.18. The molecule has 0 aromatic heterocycles. The lowest BCUT2D eigenvalue weighted by atomic mass is 10.4. The molecule has 0 saturated carbocycles. The van der Waals surface area contributed by atoms with Gasteiger partial charge in [0.05, 0.1) is 0 Å². The van der Waals surface area contributed by atoms with Crippen molar-refractivity contribution in [3.05, 3.63) is 24.0 Å². The summed E-state index contributed by atoms with van der Waals surface area (Å²) < 4.78 is 9.58. The number of fused-ring (bicyclic) bond motifs is 2. The van der Waals surface area contributed by atoms with Crippen LogP contribution in [0.2, 0.25) is 0 Å². The zero-order valence-corrected chi connectivity index (χ0v) is 4.53. The molecule has 1 atom stereocenters. The monoisotopic (exact) mass is 124 g/mol. The molecule has 0 amide bonds. The molecule has 3 heteroatoms. The van der Waals surface area contributed by atoms with Gasteiger partial charge in [-0.3, -0.25) is 0 Å². The van der Waals surface area contributed by atoms with Crippen molar-refractivity contribution in [3.8, 4) is 0 Å². The SMILES string of the molecule is O=C1OC2C=CC=C1O2. The van der Waals surface area contributed by atoms with Crippen LogP contribution in [0, 0.1) is 0 Å². The van der Waals surface area contributed by atoms with E-state index in [4.69, 9.17) is 4.74 Å². The van der Waals surface area contributed by atoms with Crippen LogP contribution in [-0.2, 0) is 14.3 Å². The number of rotatable bonds is 0. The van der Waals surface area contributed by atoms with Crippen LogP contribution < -0.4 is 0 Å². The normalized spacial score (nSPS) is 29.1. The lowest BCUT2D eigenvalue weighted by Gasteiger charge is -2.02. The van der Waals surface area contributed by atoms with Gasteiger partial charge in [-0.25, -0.2) is 4.79 Å². The summed E-state index contributed by atoms with van der Waals surface area (Å²) in [5.74, 6) is -0.0625. The maximum absolute atomic E-state index is 10.6. The molecule has 2 aliphatic heterocycles. The van der Waals surface area contributed by atoms with Gasteiger partial charge >= 0.3 is 5.97 Å². The quantitative estimate of drug-likeness (QED) is 0.437. The number of hydrogen-bond donors (Lipinski definition) is 0. The summed E-state index contributed by atoms with van der Waals surface area (Å²) in [7, 11) is 0. The molecule has 0 spiro atoms. The Morgan fingerprint density at radius 2 is 2.33 bits per heavy atom. The number of ether oxygens (including phenoxy) is 2. The van der Waals surface area contributed by atoms with Crippen LogP contribution in [0.15, 0.2) is 24.0 Å². The predicted octanol–water partition coefficient (Wildman–Crippen LogP) is 0.340. The van der Waals surface area contributed by atoms with Crippen LogP contribution in [0.25, 0.3) is 0 Å². The minimum atomic E-state index is -0.461. The highest BCUT2D eigenvalue weighted by molar-refractivity contribution is 5.88. The van der Waals surface area contributed by atoms with Crippen molar-refractivity contribution in [2.45, 2.75) is 6.29 Å². The van der Waals surface area contributed by atoms with Crippen LogP contribution in [0.1, 0.15) is 0 Å². The molecule has 2 bridgehead atoms. The third-order valence-electron chi connectivity index (χ3n) is 1.18. The summed E-state index contributed by atoms with van der Waals surface area (Å²) >= 11 is 0. The smallest absolute Gasteiger partial charge is 0.377 e. The zero-order valence-electron chi connectivity index (χ0n) is 4.53. The van der Waals surface area contributed by atoms with Gasteiger partial charge in [0, 0.05) is 0 Å². The van der Waals surface area contributed by atoms with E-state index < -0.39 is 6.29 Å². The molecule has 9 heavy (non-hydrogen) atoms. The first-order valence-corrected chi connectivity index (χ1v) is 2.62. The van der Waals surface area contributed by atoms with Crippen LogP contribution in [0.4, 0.5) is 0 Å². The van der Waals surface area contributed by atoms with Gasteiger partial charge in [-0.05, 0) is 12.2 Å². The molecule has 1 fully saturated rings. The van der Waals surface area contributed by atoms with E-state index in [-0.39, 0.29) is 5.97 Å². The molecular formula is C6H4O3. The minimum absolute atomic E-state index is 0.308. The Morgan fingerprint density at radius 1 is 1.44 bits per heavy atom. The largest absolute Gasteiger partial charge is 0.443 e. The van der Waals surface area contributed by atoms with E-state index in [1.165, 1.54) is 0 Å². The molecule has 0 aliphatic carbocycles. The first-order chi connectivity index (χ1) is 4.36. The summed E-state index contributed by atoms with van der Waals surface area (Å²) in [6.07, 6.45) is 4.55. The third kappa shape index (κ3) is 0.543. The van der Waals surface area contributed by atoms with Crippen LogP contribution in [0.3, 0.4) is 0 Å². The fourth-order valence-electron chi connectivity index (χ4n) is 0.780. The Hall–Kier alpha value is -1.25. The van der Waals surface area contributed by atoms with E-state index in [2.05, 4.69) is 4.74 Å². The van der Waals surface area contributed by atoms with Crippen LogP contribution in [0.5, 0.6) is 0 Å². The highest BCUT2D eigenvalue weighted by atomic mass is 16.7. The van der Waals surface area contributed by atoms with Crippen molar-refractivity contribution < 1.29 is 14.3 Å². The van der Waals surface area contributed by atoms with E-state index in [1.807, 2.05) is 0 Å². The summed E-state index contributed by atoms with van der Waals surface area (Å²) in [6, 6.07) is 0. The molecule has 2 aliphatic rings. The van der Waals surface area contributed by atoms with E-state index >= 15 is 0 Å². The average Bonchev–Trinajstić information content (AvgIpc) is 2.09. The van der Waals surface area contributed by atoms with Crippen LogP contribution in [-0.4, -0.2) is 12.3 Å². The maximum atomic E-state index is 10.6. The second-order valence-corrected chi connectivity index (χ2v) is 1.81. The van der Waals surface area contributed by atoms with Gasteiger partial charge in [-0.15, -0.1) is 0 Å². The van der Waals surface area contributed by atoms with Crippen molar-refractivity contribution in [3.63, 3.8) is 0 Å². The highest BCUT2D eigenvalue weighted by Gasteiger charge is 2.29. The summed E-state index contributed by atoms with van der Waals surface area (Å²) in [5, 5.41) is 0. The molecule has 0 N–H and O–H groups in total. The van der Waals surface area contributed by atoms with Crippen molar-refractivity contribution in [1.29, 1.82) is 0 Å². The first kappa shape index (κ1) is 4.61. The molecule has 3 nitrogen and oxygen atoms in total. The second kappa shape index (κ2) is 1.37. The fraction of sp³-hybridized carbons (Fsp3) is 0.167. The number of allylic oxidation sites excluding steroid dienone is 2. The van der Waals surface area contributed by atoms with E-state index in [0.29, 0.717) is 5.76 Å². The van der Waals surface area contributed by atoms with Crippen molar-refractivity contribution in [2.24, 2.45) is 0 Å². The maximum Gasteiger partial charge on any atom is 0.377 e. The lowest BCUT2D eigenvalue weighted by Crippen LogP contribution is -2.03. The summed E-state index contributed by atoms with van der Waals surface area (Å²) in [4.78, 5) is 10.6. The Balaban J connectivity index is 2.42. The molecule has 0 aromatic carbocycles. The minimum Gasteiger partial charge on any atom is -0.443 e. The topological polar surface area (TPSA) is 35.5 Å². The number of esters is 1. The summed E-state index contributed by atoms with van der Waals surface area (Å²) in [5.41, 5.74) is 0. The molecule has 0 aromatic rings. The Morgan fingerprint density at radius 3 is 3.00 bits per heavy atom. The van der Waals surface area contributed by atoms with E-state index in [9.17, 15) is 4.79 Å². The Bertz CT molecular complexity index is 212. The van der Waals surface area contributed by atoms with Crippen molar-refractivity contribution in [1.82, 2.24) is 0 Å². The molecule has 1 saturated heterocycles. The highest BCUT2D eigenvalue weighted by Crippen LogP contribution is 2.20. The van der Waals surface area contributed by atoms with Gasteiger partial charge in [0.25, 0.3) is 6.29 Å². The predicted molar refractivity (Wildman–Crippen MR) is 28.2 cm³/mol. The number of carbonyl (C=O) groups is 1. The second-order valence-electron chi connectivity index (χ2n) is 1.81. The molecule has 46 valence electrons. The standard InChI is InChI=1S/C6H4O3/c7-6-4-2-1-3-5(8-4)9-6/h1-3,5H.